The minimum Gasteiger partial charge on any atom is -0.298 e. The number of amides is 1. The fourth-order valence-electron chi connectivity index (χ4n) is 3.80. The van der Waals surface area contributed by atoms with Gasteiger partial charge in [-0.15, -0.1) is 0 Å². The Hall–Kier alpha value is -3.72. The Morgan fingerprint density at radius 2 is 1.70 bits per heavy atom. The van der Waals surface area contributed by atoms with Gasteiger partial charge in [0.1, 0.15) is 6.29 Å². The Kier molecular flexibility index (Phi) is 5.71. The lowest BCUT2D eigenvalue weighted by Gasteiger charge is -2.25. The van der Waals surface area contributed by atoms with E-state index in [1.54, 1.807) is 24.0 Å². The Morgan fingerprint density at radius 3 is 2.40 bits per heavy atom. The van der Waals surface area contributed by atoms with E-state index in [0.29, 0.717) is 5.57 Å². The van der Waals surface area contributed by atoms with Gasteiger partial charge >= 0.3 is 0 Å². The van der Waals surface area contributed by atoms with Crippen molar-refractivity contribution in [3.63, 3.8) is 0 Å². The molecule has 30 heavy (non-hydrogen) atoms. The second kappa shape index (κ2) is 8.75. The minimum atomic E-state index is -0.0276. The molecule has 0 saturated carbocycles. The number of carbonyl (C=O) groups is 2. The molecule has 0 radical (unpaired) electrons. The molecular weight excluding hydrogens is 370 g/mol. The summed E-state index contributed by atoms with van der Waals surface area (Å²) in [5, 5.41) is 0. The molecule has 0 bridgehead atoms. The predicted octanol–water partition coefficient (Wildman–Crippen LogP) is 5.26. The smallest absolute Gasteiger partial charge is 0.255 e. The quantitative estimate of drug-likeness (QED) is 0.496. The molecule has 2 aliphatic rings. The Labute approximate surface area is 177 Å². The van der Waals surface area contributed by atoms with Crippen molar-refractivity contribution in [1.29, 1.82) is 0 Å². The maximum atomic E-state index is 12.7. The van der Waals surface area contributed by atoms with Gasteiger partial charge in [-0.3, -0.25) is 14.5 Å². The molecule has 1 unspecified atom stereocenters. The monoisotopic (exact) mass is 393 g/mol. The van der Waals surface area contributed by atoms with Crippen LogP contribution in [0.1, 0.15) is 24.0 Å². The molecule has 1 atom stereocenters. The van der Waals surface area contributed by atoms with E-state index in [0.717, 1.165) is 29.6 Å². The van der Waals surface area contributed by atoms with Crippen molar-refractivity contribution in [1.82, 2.24) is 4.90 Å². The van der Waals surface area contributed by atoms with Gasteiger partial charge in [-0.1, -0.05) is 72.8 Å². The van der Waals surface area contributed by atoms with Crippen LogP contribution in [-0.2, 0) is 16.0 Å². The number of allylic oxidation sites excluding steroid dienone is 7. The highest BCUT2D eigenvalue weighted by Crippen LogP contribution is 2.40. The fraction of sp³-hybridized carbons (Fsp3) is 0.111. The number of aldehydes is 1. The molecule has 2 aromatic rings. The molecule has 2 aromatic carbocycles. The SMILES string of the molecule is CC(C=O)=CC=C1C=CN2C(=O)C=C(C(Cc3ccccc3)c3ccccc3)C2=C1. The molecular formula is C27H23NO2. The highest BCUT2D eigenvalue weighted by atomic mass is 16.2. The van der Waals surface area contributed by atoms with E-state index in [4.69, 9.17) is 0 Å². The van der Waals surface area contributed by atoms with Gasteiger partial charge in [0.2, 0.25) is 0 Å². The molecule has 2 aliphatic heterocycles. The number of nitrogens with zero attached hydrogens (tertiary/aromatic N) is 1. The van der Waals surface area contributed by atoms with Crippen LogP contribution in [0.5, 0.6) is 0 Å². The summed E-state index contributed by atoms with van der Waals surface area (Å²) in [5.41, 5.74) is 5.93. The second-order valence-electron chi connectivity index (χ2n) is 7.50. The first-order valence-electron chi connectivity index (χ1n) is 10.0. The van der Waals surface area contributed by atoms with E-state index in [2.05, 4.69) is 24.3 Å². The summed E-state index contributed by atoms with van der Waals surface area (Å²) in [5.74, 6) is 0.0361. The topological polar surface area (TPSA) is 37.4 Å². The van der Waals surface area contributed by atoms with Crippen molar-refractivity contribution in [3.05, 3.63) is 131 Å². The normalized spacial score (nSPS) is 18.2. The largest absolute Gasteiger partial charge is 0.298 e. The first-order chi connectivity index (χ1) is 14.7. The molecule has 0 fully saturated rings. The lowest BCUT2D eigenvalue weighted by molar-refractivity contribution is -0.121. The summed E-state index contributed by atoms with van der Waals surface area (Å²) in [6, 6.07) is 20.7. The average Bonchev–Trinajstić information content (AvgIpc) is 3.12. The van der Waals surface area contributed by atoms with Crippen LogP contribution in [0.2, 0.25) is 0 Å². The molecule has 148 valence electrons. The minimum absolute atomic E-state index is 0.0276. The summed E-state index contributed by atoms with van der Waals surface area (Å²) in [4.78, 5) is 25.3. The number of rotatable bonds is 6. The van der Waals surface area contributed by atoms with Crippen molar-refractivity contribution in [2.75, 3.05) is 0 Å². The number of carbonyl (C=O) groups excluding carboxylic acids is 2. The van der Waals surface area contributed by atoms with Gasteiger partial charge in [0.15, 0.2) is 0 Å². The average molecular weight is 393 g/mol. The van der Waals surface area contributed by atoms with Crippen molar-refractivity contribution in [2.45, 2.75) is 19.3 Å². The molecule has 4 rings (SSSR count). The van der Waals surface area contributed by atoms with Gasteiger partial charge in [-0.25, -0.2) is 0 Å². The van der Waals surface area contributed by atoms with Crippen LogP contribution in [0.25, 0.3) is 0 Å². The van der Waals surface area contributed by atoms with Crippen molar-refractivity contribution in [2.24, 2.45) is 0 Å². The van der Waals surface area contributed by atoms with Crippen molar-refractivity contribution >= 4 is 12.2 Å². The molecule has 0 spiro atoms. The summed E-state index contributed by atoms with van der Waals surface area (Å²) >= 11 is 0. The Balaban J connectivity index is 1.74. The Bertz CT molecular complexity index is 1100. The summed E-state index contributed by atoms with van der Waals surface area (Å²) < 4.78 is 0. The molecule has 1 amide bonds. The third-order valence-electron chi connectivity index (χ3n) is 5.38. The van der Waals surface area contributed by atoms with Gasteiger partial charge in [0, 0.05) is 18.2 Å². The van der Waals surface area contributed by atoms with Crippen LogP contribution >= 0.6 is 0 Å². The molecule has 3 heteroatoms. The zero-order chi connectivity index (χ0) is 20.9. The standard InChI is InChI=1S/C27H23NO2/c1-20(19-29)12-13-22-14-15-28-26(17-22)25(18-27(28)30)24(23-10-6-3-7-11-23)16-21-8-4-2-5-9-21/h2-15,17-19,24H,16H2,1H3. The van der Waals surface area contributed by atoms with Crippen LogP contribution in [0.4, 0.5) is 0 Å². The lowest BCUT2D eigenvalue weighted by atomic mass is 9.84. The summed E-state index contributed by atoms with van der Waals surface area (Å²) in [6.45, 7) is 1.77. The van der Waals surface area contributed by atoms with E-state index in [1.165, 1.54) is 11.1 Å². The lowest BCUT2D eigenvalue weighted by Crippen LogP contribution is -2.21. The molecule has 0 aliphatic carbocycles. The third kappa shape index (κ3) is 4.15. The van der Waals surface area contributed by atoms with Gasteiger partial charge in [0.05, 0.1) is 5.70 Å². The van der Waals surface area contributed by atoms with Crippen LogP contribution in [0.15, 0.2) is 120 Å². The van der Waals surface area contributed by atoms with Crippen LogP contribution < -0.4 is 0 Å². The molecule has 0 saturated heterocycles. The maximum Gasteiger partial charge on any atom is 0.255 e. The molecule has 3 nitrogen and oxygen atoms in total. The van der Waals surface area contributed by atoms with Crippen LogP contribution in [-0.4, -0.2) is 17.1 Å². The van der Waals surface area contributed by atoms with Crippen LogP contribution in [0, 0.1) is 0 Å². The van der Waals surface area contributed by atoms with E-state index in [-0.39, 0.29) is 11.8 Å². The first-order valence-corrected chi connectivity index (χ1v) is 10.0. The Morgan fingerprint density at radius 1 is 1.00 bits per heavy atom. The van der Waals surface area contributed by atoms with Gasteiger partial charge < -0.3 is 0 Å². The van der Waals surface area contributed by atoms with Gasteiger partial charge in [-0.05, 0) is 53.3 Å². The second-order valence-corrected chi connectivity index (χ2v) is 7.50. The van der Waals surface area contributed by atoms with Gasteiger partial charge in [-0.2, -0.15) is 0 Å². The zero-order valence-electron chi connectivity index (χ0n) is 16.9. The van der Waals surface area contributed by atoms with Gasteiger partial charge in [0.25, 0.3) is 5.91 Å². The zero-order valence-corrected chi connectivity index (χ0v) is 16.9. The van der Waals surface area contributed by atoms with E-state index in [9.17, 15) is 9.59 Å². The van der Waals surface area contributed by atoms with E-state index in [1.807, 2.05) is 60.8 Å². The molecule has 2 heterocycles. The number of hydrogen-bond acceptors (Lipinski definition) is 2. The number of hydrogen-bond donors (Lipinski definition) is 0. The van der Waals surface area contributed by atoms with Crippen molar-refractivity contribution < 1.29 is 9.59 Å². The molecule has 0 aromatic heterocycles. The highest BCUT2D eigenvalue weighted by Gasteiger charge is 2.32. The van der Waals surface area contributed by atoms with Crippen LogP contribution in [0.3, 0.4) is 0 Å². The molecule has 0 N–H and O–H groups in total. The first kappa shape index (κ1) is 19.6. The summed E-state index contributed by atoms with van der Waals surface area (Å²) in [6.07, 6.45) is 12.8. The third-order valence-corrected chi connectivity index (χ3v) is 5.38. The number of benzene rings is 2. The number of fused-ring (bicyclic) bond motifs is 1. The highest BCUT2D eigenvalue weighted by molar-refractivity contribution is 5.96. The maximum absolute atomic E-state index is 12.7. The van der Waals surface area contributed by atoms with E-state index < -0.39 is 0 Å². The van der Waals surface area contributed by atoms with Crippen molar-refractivity contribution in [3.8, 4) is 0 Å². The summed E-state index contributed by atoms with van der Waals surface area (Å²) in [7, 11) is 0. The van der Waals surface area contributed by atoms with E-state index >= 15 is 0 Å². The fourth-order valence-corrected chi connectivity index (χ4v) is 3.80. The predicted molar refractivity (Wildman–Crippen MR) is 119 cm³/mol.